The number of aliphatic hydroxyl groups excluding tert-OH is 3. The van der Waals surface area contributed by atoms with E-state index in [2.05, 4.69) is 0 Å². The molecule has 2 saturated heterocycles. The van der Waals surface area contributed by atoms with Gasteiger partial charge < -0.3 is 29.5 Å². The van der Waals surface area contributed by atoms with Gasteiger partial charge in [-0.05, 0) is 13.8 Å². The highest BCUT2D eigenvalue weighted by Crippen LogP contribution is 2.38. The quantitative estimate of drug-likeness (QED) is 0.529. The summed E-state index contributed by atoms with van der Waals surface area (Å²) < 4.78 is 16.1. The molecular weight excluding hydrogens is 204 g/mol. The number of ether oxygens (including phenoxy) is 3. The van der Waals surface area contributed by atoms with Gasteiger partial charge in [-0.1, -0.05) is 0 Å². The summed E-state index contributed by atoms with van der Waals surface area (Å²) in [5, 5.41) is 27.9. The SMILES string of the molecule is CC1(C)O[C@@H]2OC([C@H](O)CO)C(O)[C@@H]2O1. The average Bonchev–Trinajstić information content (AvgIpc) is 2.60. The normalized spacial score (nSPS) is 45.4. The molecule has 5 atom stereocenters. The average molecular weight is 220 g/mol. The summed E-state index contributed by atoms with van der Waals surface area (Å²) >= 11 is 0. The monoisotopic (exact) mass is 220 g/mol. The second-order valence-electron chi connectivity index (χ2n) is 4.31. The molecule has 2 fully saturated rings. The minimum Gasteiger partial charge on any atom is -0.394 e. The van der Waals surface area contributed by atoms with Crippen molar-refractivity contribution in [1.29, 1.82) is 0 Å². The number of hydrogen-bond donors (Lipinski definition) is 3. The van der Waals surface area contributed by atoms with E-state index >= 15 is 0 Å². The zero-order valence-corrected chi connectivity index (χ0v) is 8.66. The molecule has 2 aliphatic heterocycles. The van der Waals surface area contributed by atoms with Gasteiger partial charge >= 0.3 is 0 Å². The van der Waals surface area contributed by atoms with Crippen molar-refractivity contribution in [2.45, 2.75) is 50.3 Å². The van der Waals surface area contributed by atoms with Crippen molar-refractivity contribution in [1.82, 2.24) is 0 Å². The van der Waals surface area contributed by atoms with E-state index in [4.69, 9.17) is 19.3 Å². The minimum atomic E-state index is -1.12. The largest absolute Gasteiger partial charge is 0.394 e. The molecule has 2 rings (SSSR count). The van der Waals surface area contributed by atoms with Gasteiger partial charge in [-0.3, -0.25) is 0 Å². The highest BCUT2D eigenvalue weighted by atomic mass is 16.8. The molecule has 0 aromatic rings. The molecule has 0 aromatic carbocycles. The fourth-order valence-corrected chi connectivity index (χ4v) is 1.94. The van der Waals surface area contributed by atoms with Crippen LogP contribution < -0.4 is 0 Å². The number of rotatable bonds is 2. The van der Waals surface area contributed by atoms with E-state index < -0.39 is 43.1 Å². The summed E-state index contributed by atoms with van der Waals surface area (Å²) in [6, 6.07) is 0. The molecule has 0 radical (unpaired) electrons. The fraction of sp³-hybridized carbons (Fsp3) is 1.00. The van der Waals surface area contributed by atoms with Crippen molar-refractivity contribution in [3.63, 3.8) is 0 Å². The molecule has 0 bridgehead atoms. The van der Waals surface area contributed by atoms with E-state index in [1.165, 1.54) is 0 Å². The van der Waals surface area contributed by atoms with Crippen LogP contribution in [0.3, 0.4) is 0 Å². The second-order valence-corrected chi connectivity index (χ2v) is 4.31. The Kier molecular flexibility index (Phi) is 2.74. The van der Waals surface area contributed by atoms with E-state index in [-0.39, 0.29) is 0 Å². The summed E-state index contributed by atoms with van der Waals surface area (Å²) in [5.41, 5.74) is 0. The van der Waals surface area contributed by atoms with Crippen molar-refractivity contribution in [3.05, 3.63) is 0 Å². The van der Waals surface area contributed by atoms with Gasteiger partial charge in [-0.25, -0.2) is 0 Å². The topological polar surface area (TPSA) is 88.4 Å². The first kappa shape index (κ1) is 11.3. The van der Waals surface area contributed by atoms with Gasteiger partial charge in [0.25, 0.3) is 0 Å². The molecule has 6 heteroatoms. The number of fused-ring (bicyclic) bond motifs is 1. The summed E-state index contributed by atoms with van der Waals surface area (Å²) in [4.78, 5) is 0. The second kappa shape index (κ2) is 3.65. The lowest BCUT2D eigenvalue weighted by molar-refractivity contribution is -0.227. The van der Waals surface area contributed by atoms with Gasteiger partial charge in [0.1, 0.15) is 24.4 Å². The zero-order chi connectivity index (χ0) is 11.2. The molecule has 0 aliphatic carbocycles. The van der Waals surface area contributed by atoms with Crippen LogP contribution in [0.5, 0.6) is 0 Å². The standard InChI is InChI=1S/C9H16O6/c1-9(2)14-7-5(12)6(4(11)3-10)13-8(7)15-9/h4-8,10-12H,3H2,1-2H3/t4-,5?,6?,7+,8+/m1/s1. The zero-order valence-electron chi connectivity index (χ0n) is 8.66. The van der Waals surface area contributed by atoms with Gasteiger partial charge in [-0.15, -0.1) is 0 Å². The van der Waals surface area contributed by atoms with Crippen LogP contribution >= 0.6 is 0 Å². The van der Waals surface area contributed by atoms with Crippen molar-refractivity contribution in [2.24, 2.45) is 0 Å². The van der Waals surface area contributed by atoms with Crippen LogP contribution in [0.1, 0.15) is 13.8 Å². The van der Waals surface area contributed by atoms with Crippen molar-refractivity contribution in [3.8, 4) is 0 Å². The first-order valence-electron chi connectivity index (χ1n) is 4.93. The summed E-state index contributed by atoms with van der Waals surface area (Å²) in [5.74, 6) is -0.786. The number of aliphatic hydroxyl groups is 3. The maximum atomic E-state index is 9.79. The van der Waals surface area contributed by atoms with Crippen molar-refractivity contribution in [2.75, 3.05) is 6.61 Å². The van der Waals surface area contributed by atoms with Gasteiger partial charge in [0.05, 0.1) is 6.61 Å². The Bertz CT molecular complexity index is 243. The molecule has 88 valence electrons. The van der Waals surface area contributed by atoms with Gasteiger partial charge in [0.15, 0.2) is 12.1 Å². The highest BCUT2D eigenvalue weighted by Gasteiger charge is 2.55. The first-order valence-corrected chi connectivity index (χ1v) is 4.93. The van der Waals surface area contributed by atoms with Crippen LogP contribution in [0.15, 0.2) is 0 Å². The minimum absolute atomic E-state index is 0.468. The van der Waals surface area contributed by atoms with Gasteiger partial charge in [0.2, 0.25) is 0 Å². The molecule has 15 heavy (non-hydrogen) atoms. The Morgan fingerprint density at radius 3 is 2.53 bits per heavy atom. The predicted octanol–water partition coefficient (Wildman–Crippen LogP) is -1.42. The molecule has 0 spiro atoms. The van der Waals surface area contributed by atoms with Gasteiger partial charge in [-0.2, -0.15) is 0 Å². The van der Waals surface area contributed by atoms with E-state index in [1.807, 2.05) is 0 Å². The van der Waals surface area contributed by atoms with Crippen LogP contribution in [-0.2, 0) is 14.2 Å². The third-order valence-corrected chi connectivity index (χ3v) is 2.62. The lowest BCUT2D eigenvalue weighted by Crippen LogP contribution is -2.42. The third-order valence-electron chi connectivity index (χ3n) is 2.62. The van der Waals surface area contributed by atoms with E-state index in [1.54, 1.807) is 13.8 Å². The summed E-state index contributed by atoms with van der Waals surface area (Å²) in [6.45, 7) is 2.97. The predicted molar refractivity (Wildman–Crippen MR) is 47.8 cm³/mol. The molecule has 6 nitrogen and oxygen atoms in total. The molecular formula is C9H16O6. The lowest BCUT2D eigenvalue weighted by Gasteiger charge is -2.24. The molecule has 2 aliphatic rings. The van der Waals surface area contributed by atoms with Crippen LogP contribution in [0.25, 0.3) is 0 Å². The van der Waals surface area contributed by atoms with E-state index in [9.17, 15) is 10.2 Å². The molecule has 0 aromatic heterocycles. The van der Waals surface area contributed by atoms with Crippen molar-refractivity contribution < 1.29 is 29.5 Å². The Morgan fingerprint density at radius 2 is 2.00 bits per heavy atom. The summed E-state index contributed by atoms with van der Waals surface area (Å²) in [7, 11) is 0. The third kappa shape index (κ3) is 1.89. The molecule has 2 heterocycles. The smallest absolute Gasteiger partial charge is 0.190 e. The molecule has 2 unspecified atom stereocenters. The Hall–Kier alpha value is -0.240. The lowest BCUT2D eigenvalue weighted by atomic mass is 10.1. The molecule has 0 amide bonds. The maximum Gasteiger partial charge on any atom is 0.190 e. The fourth-order valence-electron chi connectivity index (χ4n) is 1.94. The Balaban J connectivity index is 2.05. The Morgan fingerprint density at radius 1 is 1.33 bits per heavy atom. The van der Waals surface area contributed by atoms with Crippen LogP contribution in [0.2, 0.25) is 0 Å². The van der Waals surface area contributed by atoms with Crippen LogP contribution in [-0.4, -0.2) is 58.4 Å². The molecule has 0 saturated carbocycles. The maximum absolute atomic E-state index is 9.79. The van der Waals surface area contributed by atoms with E-state index in [0.717, 1.165) is 0 Å². The van der Waals surface area contributed by atoms with E-state index in [0.29, 0.717) is 0 Å². The highest BCUT2D eigenvalue weighted by molar-refractivity contribution is 4.95. The van der Waals surface area contributed by atoms with Gasteiger partial charge in [0, 0.05) is 0 Å². The summed E-state index contributed by atoms with van der Waals surface area (Å²) in [6.07, 6.45) is -4.26. The first-order chi connectivity index (χ1) is 6.94. The molecule has 3 N–H and O–H groups in total. The van der Waals surface area contributed by atoms with Crippen LogP contribution in [0.4, 0.5) is 0 Å². The van der Waals surface area contributed by atoms with Crippen molar-refractivity contribution >= 4 is 0 Å². The number of hydrogen-bond acceptors (Lipinski definition) is 6. The van der Waals surface area contributed by atoms with Crippen LogP contribution in [0, 0.1) is 0 Å². The Labute approximate surface area is 87.4 Å².